The van der Waals surface area contributed by atoms with E-state index in [9.17, 15) is 8.78 Å². The van der Waals surface area contributed by atoms with Crippen LogP contribution in [0, 0.1) is 0 Å². The van der Waals surface area contributed by atoms with Crippen molar-refractivity contribution in [2.75, 3.05) is 0 Å². The lowest BCUT2D eigenvalue weighted by molar-refractivity contribution is 0.594. The summed E-state index contributed by atoms with van der Waals surface area (Å²) >= 11 is 0. The summed E-state index contributed by atoms with van der Waals surface area (Å²) < 4.78 is 24.9. The van der Waals surface area contributed by atoms with E-state index in [0.29, 0.717) is 12.8 Å². The van der Waals surface area contributed by atoms with E-state index in [1.165, 1.54) is 12.2 Å². The van der Waals surface area contributed by atoms with Gasteiger partial charge in [-0.15, -0.1) is 0 Å². The lowest BCUT2D eigenvalue weighted by Crippen LogP contribution is -1.89. The van der Waals surface area contributed by atoms with Gasteiger partial charge in [0.1, 0.15) is 11.7 Å². The van der Waals surface area contributed by atoms with Gasteiger partial charge in [-0.1, -0.05) is 12.7 Å². The number of hydrogen-bond donors (Lipinski definition) is 0. The molecule has 54 valence electrons. The molecule has 0 heterocycles. The highest BCUT2D eigenvalue weighted by Gasteiger charge is 2.10. The summed E-state index contributed by atoms with van der Waals surface area (Å²) in [5, 5.41) is 0. The van der Waals surface area contributed by atoms with Gasteiger partial charge in [0.25, 0.3) is 0 Å². The molecular formula is C8H8F2. The van der Waals surface area contributed by atoms with Gasteiger partial charge in [0.2, 0.25) is 0 Å². The fourth-order valence-electron chi connectivity index (χ4n) is 0.886. The fraction of sp³-hybridized carbons (Fsp3) is 0.250. The molecule has 0 bridgehead atoms. The number of allylic oxidation sites excluding steroid dienone is 5. The highest BCUT2D eigenvalue weighted by atomic mass is 19.1. The zero-order valence-corrected chi connectivity index (χ0v) is 5.53. The Morgan fingerprint density at radius 2 is 2.00 bits per heavy atom. The van der Waals surface area contributed by atoms with Crippen molar-refractivity contribution in [3.8, 4) is 0 Å². The molecule has 0 fully saturated rings. The molecule has 10 heavy (non-hydrogen) atoms. The molecule has 2 heteroatoms. The lowest BCUT2D eigenvalue weighted by atomic mass is 10.1. The van der Waals surface area contributed by atoms with Gasteiger partial charge in [0, 0.05) is 5.57 Å². The number of hydrogen-bond acceptors (Lipinski definition) is 0. The zero-order chi connectivity index (χ0) is 7.56. The lowest BCUT2D eigenvalue weighted by Gasteiger charge is -2.05. The maximum absolute atomic E-state index is 12.6. The Kier molecular flexibility index (Phi) is 2.00. The standard InChI is InChI=1S/C8H8F2/c1-6(9)7-4-2-3-5-8(7)10/h4-5H,1-3H2. The molecule has 0 unspecified atom stereocenters. The second-order valence-electron chi connectivity index (χ2n) is 2.15. The molecule has 0 saturated heterocycles. The molecule has 0 aromatic carbocycles. The average Bonchev–Trinajstić information content (AvgIpc) is 1.88. The molecular weight excluding hydrogens is 134 g/mol. The third-order valence-electron chi connectivity index (χ3n) is 1.39. The molecule has 0 aliphatic heterocycles. The normalized spacial score (nSPS) is 17.8. The van der Waals surface area contributed by atoms with Crippen LogP contribution in [0.4, 0.5) is 8.78 Å². The van der Waals surface area contributed by atoms with Crippen LogP contribution in [0.1, 0.15) is 12.8 Å². The molecule has 0 N–H and O–H groups in total. The molecule has 0 nitrogen and oxygen atoms in total. The highest BCUT2D eigenvalue weighted by molar-refractivity contribution is 5.40. The van der Waals surface area contributed by atoms with Crippen LogP contribution in [0.15, 0.2) is 36.0 Å². The van der Waals surface area contributed by atoms with Gasteiger partial charge in [0.05, 0.1) is 0 Å². The third-order valence-corrected chi connectivity index (χ3v) is 1.39. The summed E-state index contributed by atoms with van der Waals surface area (Å²) in [6.45, 7) is 3.01. The molecule has 0 amide bonds. The predicted molar refractivity (Wildman–Crippen MR) is 36.8 cm³/mol. The molecule has 0 spiro atoms. The van der Waals surface area contributed by atoms with Gasteiger partial charge in [-0.3, -0.25) is 0 Å². The van der Waals surface area contributed by atoms with Crippen molar-refractivity contribution in [1.82, 2.24) is 0 Å². The summed E-state index contributed by atoms with van der Waals surface area (Å²) in [4.78, 5) is 0. The summed E-state index contributed by atoms with van der Waals surface area (Å²) in [5.41, 5.74) is 0.0197. The molecule has 0 aromatic heterocycles. The minimum Gasteiger partial charge on any atom is -0.207 e. The molecule has 1 rings (SSSR count). The second-order valence-corrected chi connectivity index (χ2v) is 2.15. The smallest absolute Gasteiger partial charge is 0.129 e. The minimum absolute atomic E-state index is 0.0197. The Hall–Kier alpha value is -0.920. The van der Waals surface area contributed by atoms with Gasteiger partial charge in [-0.05, 0) is 18.9 Å². The van der Waals surface area contributed by atoms with E-state index < -0.39 is 11.7 Å². The van der Waals surface area contributed by atoms with Crippen LogP contribution >= 0.6 is 0 Å². The van der Waals surface area contributed by atoms with Crippen molar-refractivity contribution in [2.45, 2.75) is 12.8 Å². The van der Waals surface area contributed by atoms with Crippen LogP contribution in [0.25, 0.3) is 0 Å². The maximum Gasteiger partial charge on any atom is 0.129 e. The molecule has 0 aromatic rings. The Balaban J connectivity index is 2.84. The van der Waals surface area contributed by atoms with Crippen molar-refractivity contribution in [2.24, 2.45) is 0 Å². The number of halogens is 2. The van der Waals surface area contributed by atoms with Crippen LogP contribution < -0.4 is 0 Å². The van der Waals surface area contributed by atoms with Crippen molar-refractivity contribution in [3.63, 3.8) is 0 Å². The molecule has 0 atom stereocenters. The van der Waals surface area contributed by atoms with E-state index in [0.717, 1.165) is 0 Å². The van der Waals surface area contributed by atoms with E-state index in [4.69, 9.17) is 0 Å². The van der Waals surface area contributed by atoms with E-state index in [2.05, 4.69) is 6.58 Å². The Labute approximate surface area is 58.6 Å². The van der Waals surface area contributed by atoms with E-state index in [1.807, 2.05) is 0 Å². The predicted octanol–water partition coefficient (Wildman–Crippen LogP) is 3.04. The van der Waals surface area contributed by atoms with Crippen molar-refractivity contribution in [1.29, 1.82) is 0 Å². The highest BCUT2D eigenvalue weighted by Crippen LogP contribution is 2.25. The average molecular weight is 142 g/mol. The van der Waals surface area contributed by atoms with Gasteiger partial charge in [-0.2, -0.15) is 0 Å². The van der Waals surface area contributed by atoms with Crippen LogP contribution in [-0.4, -0.2) is 0 Å². The van der Waals surface area contributed by atoms with Crippen LogP contribution in [0.2, 0.25) is 0 Å². The first-order valence-electron chi connectivity index (χ1n) is 3.13. The second kappa shape index (κ2) is 2.78. The van der Waals surface area contributed by atoms with Gasteiger partial charge >= 0.3 is 0 Å². The molecule has 0 radical (unpaired) electrons. The van der Waals surface area contributed by atoms with E-state index in [1.54, 1.807) is 0 Å². The minimum atomic E-state index is -0.687. The topological polar surface area (TPSA) is 0 Å². The van der Waals surface area contributed by atoms with Crippen molar-refractivity contribution in [3.05, 3.63) is 36.0 Å². The first kappa shape index (κ1) is 7.19. The van der Waals surface area contributed by atoms with Gasteiger partial charge in [0.15, 0.2) is 0 Å². The Bertz CT molecular complexity index is 211. The molecule has 1 aliphatic rings. The summed E-state index contributed by atoms with van der Waals surface area (Å²) in [5.74, 6) is -1.17. The van der Waals surface area contributed by atoms with E-state index >= 15 is 0 Å². The SMILES string of the molecule is C=C(F)C1=CCCC=C1F. The van der Waals surface area contributed by atoms with Crippen LogP contribution in [-0.2, 0) is 0 Å². The van der Waals surface area contributed by atoms with Gasteiger partial charge < -0.3 is 0 Å². The van der Waals surface area contributed by atoms with Crippen LogP contribution in [0.3, 0.4) is 0 Å². The first-order valence-corrected chi connectivity index (χ1v) is 3.13. The summed E-state index contributed by atoms with van der Waals surface area (Å²) in [6.07, 6.45) is 4.26. The monoisotopic (exact) mass is 142 g/mol. The van der Waals surface area contributed by atoms with Crippen LogP contribution in [0.5, 0.6) is 0 Å². The first-order chi connectivity index (χ1) is 4.72. The summed E-state index contributed by atoms with van der Waals surface area (Å²) in [6, 6.07) is 0. The molecule has 0 saturated carbocycles. The third kappa shape index (κ3) is 1.32. The number of rotatable bonds is 1. The maximum atomic E-state index is 12.6. The summed E-state index contributed by atoms with van der Waals surface area (Å²) in [7, 11) is 0. The zero-order valence-electron chi connectivity index (χ0n) is 5.53. The van der Waals surface area contributed by atoms with Gasteiger partial charge in [-0.25, -0.2) is 8.78 Å². The fourth-order valence-corrected chi connectivity index (χ4v) is 0.886. The Morgan fingerprint density at radius 1 is 1.40 bits per heavy atom. The Morgan fingerprint density at radius 3 is 2.40 bits per heavy atom. The molecule has 1 aliphatic carbocycles. The largest absolute Gasteiger partial charge is 0.207 e. The van der Waals surface area contributed by atoms with E-state index in [-0.39, 0.29) is 5.57 Å². The van der Waals surface area contributed by atoms with Crippen molar-refractivity contribution >= 4 is 0 Å². The quantitative estimate of drug-likeness (QED) is 0.527. The van der Waals surface area contributed by atoms with Crippen molar-refractivity contribution < 1.29 is 8.78 Å².